The topological polar surface area (TPSA) is 24.1 Å². The number of unbranched alkanes of at least 4 members (excludes halogenated alkanes) is 1. The molecule has 0 aliphatic rings. The molecular weight excluding hydrogens is 220 g/mol. The van der Waals surface area contributed by atoms with Crippen LogP contribution in [0.15, 0.2) is 42.5 Å². The molecule has 0 unspecified atom stereocenters. The molecule has 0 fully saturated rings. The van der Waals surface area contributed by atoms with Gasteiger partial charge in [-0.25, -0.2) is 0 Å². The predicted molar refractivity (Wildman–Crippen MR) is 78.8 cm³/mol. The number of benzene rings is 2. The Morgan fingerprint density at radius 2 is 1.67 bits per heavy atom. The van der Waals surface area contributed by atoms with Crippen LogP contribution in [0.2, 0.25) is 0 Å². The molecule has 0 atom stereocenters. The molecule has 18 heavy (non-hydrogen) atoms. The second kappa shape index (κ2) is 7.14. The van der Waals surface area contributed by atoms with E-state index in [4.69, 9.17) is 0 Å². The fourth-order valence-electron chi connectivity index (χ4n) is 2.22. The monoisotopic (exact) mass is 242 g/mol. The van der Waals surface area contributed by atoms with Crippen LogP contribution < -0.4 is 10.6 Å². The van der Waals surface area contributed by atoms with Crippen molar-refractivity contribution in [1.29, 1.82) is 0 Å². The summed E-state index contributed by atoms with van der Waals surface area (Å²) in [4.78, 5) is 0. The lowest BCUT2D eigenvalue weighted by molar-refractivity contribution is 0.607. The summed E-state index contributed by atoms with van der Waals surface area (Å²) in [5.74, 6) is 0. The van der Waals surface area contributed by atoms with Gasteiger partial charge in [-0.1, -0.05) is 42.5 Å². The molecule has 0 radical (unpaired) electrons. The van der Waals surface area contributed by atoms with Crippen LogP contribution in [-0.4, -0.2) is 20.1 Å². The van der Waals surface area contributed by atoms with Gasteiger partial charge in [0.25, 0.3) is 0 Å². The molecule has 0 amide bonds. The Kier molecular flexibility index (Phi) is 5.18. The highest BCUT2D eigenvalue weighted by Gasteiger charge is 1.99. The van der Waals surface area contributed by atoms with Crippen molar-refractivity contribution in [3.63, 3.8) is 0 Å². The lowest BCUT2D eigenvalue weighted by Crippen LogP contribution is -2.16. The van der Waals surface area contributed by atoms with Gasteiger partial charge < -0.3 is 10.6 Å². The first-order valence-electron chi connectivity index (χ1n) is 6.74. The first-order valence-corrected chi connectivity index (χ1v) is 6.74. The first-order chi connectivity index (χ1) is 8.92. The average Bonchev–Trinajstić information content (AvgIpc) is 2.43. The molecule has 0 aliphatic carbocycles. The summed E-state index contributed by atoms with van der Waals surface area (Å²) in [6.07, 6.45) is 2.46. The van der Waals surface area contributed by atoms with Crippen molar-refractivity contribution in [2.45, 2.75) is 19.4 Å². The number of fused-ring (bicyclic) bond motifs is 1. The minimum atomic E-state index is 0.959. The molecule has 0 saturated carbocycles. The Hall–Kier alpha value is -1.38. The van der Waals surface area contributed by atoms with E-state index in [1.54, 1.807) is 0 Å². The molecule has 0 aliphatic heterocycles. The van der Waals surface area contributed by atoms with E-state index in [2.05, 4.69) is 53.1 Å². The number of nitrogens with one attached hydrogen (secondary N) is 2. The van der Waals surface area contributed by atoms with Crippen LogP contribution in [-0.2, 0) is 6.54 Å². The van der Waals surface area contributed by atoms with E-state index in [1.807, 2.05) is 7.05 Å². The second-order valence-electron chi connectivity index (χ2n) is 4.63. The summed E-state index contributed by atoms with van der Waals surface area (Å²) in [5.41, 5.74) is 1.39. The third-order valence-corrected chi connectivity index (χ3v) is 3.23. The van der Waals surface area contributed by atoms with Crippen molar-refractivity contribution >= 4 is 10.8 Å². The second-order valence-corrected chi connectivity index (χ2v) is 4.63. The summed E-state index contributed by atoms with van der Waals surface area (Å²) < 4.78 is 0. The smallest absolute Gasteiger partial charge is 0.0211 e. The van der Waals surface area contributed by atoms with Crippen LogP contribution in [0.1, 0.15) is 18.4 Å². The Morgan fingerprint density at radius 3 is 2.56 bits per heavy atom. The third-order valence-electron chi connectivity index (χ3n) is 3.23. The summed E-state index contributed by atoms with van der Waals surface area (Å²) in [5, 5.41) is 9.39. The number of hydrogen-bond acceptors (Lipinski definition) is 2. The van der Waals surface area contributed by atoms with Gasteiger partial charge in [0.1, 0.15) is 0 Å². The minimum Gasteiger partial charge on any atom is -0.320 e. The van der Waals surface area contributed by atoms with Crippen LogP contribution in [0, 0.1) is 0 Å². The molecule has 2 rings (SSSR count). The largest absolute Gasteiger partial charge is 0.320 e. The molecule has 0 spiro atoms. The van der Waals surface area contributed by atoms with Gasteiger partial charge in [-0.2, -0.15) is 0 Å². The van der Waals surface area contributed by atoms with Crippen LogP contribution in [0.5, 0.6) is 0 Å². The highest BCUT2D eigenvalue weighted by Crippen LogP contribution is 2.18. The van der Waals surface area contributed by atoms with Gasteiger partial charge in [-0.15, -0.1) is 0 Å². The highest BCUT2D eigenvalue weighted by atomic mass is 14.8. The Balaban J connectivity index is 1.88. The standard InChI is InChI=1S/C16H22N2/c1-17-11-4-5-12-18-13-15-9-6-8-14-7-2-3-10-16(14)15/h2-3,6-10,17-18H,4-5,11-13H2,1H3. The number of hydrogen-bond donors (Lipinski definition) is 2. The average molecular weight is 242 g/mol. The van der Waals surface area contributed by atoms with Crippen molar-refractivity contribution in [3.05, 3.63) is 48.0 Å². The van der Waals surface area contributed by atoms with Crippen LogP contribution >= 0.6 is 0 Å². The molecule has 2 aromatic rings. The summed E-state index contributed by atoms with van der Waals surface area (Å²) in [7, 11) is 2.00. The van der Waals surface area contributed by atoms with Gasteiger partial charge in [-0.05, 0) is 49.3 Å². The molecular formula is C16H22N2. The van der Waals surface area contributed by atoms with Gasteiger partial charge >= 0.3 is 0 Å². The van der Waals surface area contributed by atoms with E-state index >= 15 is 0 Å². The van der Waals surface area contributed by atoms with Crippen LogP contribution in [0.25, 0.3) is 10.8 Å². The first kappa shape index (κ1) is 13.1. The van der Waals surface area contributed by atoms with Gasteiger partial charge in [0.15, 0.2) is 0 Å². The fraction of sp³-hybridized carbons (Fsp3) is 0.375. The van der Waals surface area contributed by atoms with E-state index in [1.165, 1.54) is 29.2 Å². The van der Waals surface area contributed by atoms with Crippen molar-refractivity contribution in [1.82, 2.24) is 10.6 Å². The Morgan fingerprint density at radius 1 is 0.889 bits per heavy atom. The van der Waals surface area contributed by atoms with E-state index in [9.17, 15) is 0 Å². The van der Waals surface area contributed by atoms with Crippen molar-refractivity contribution in [2.75, 3.05) is 20.1 Å². The van der Waals surface area contributed by atoms with E-state index in [0.717, 1.165) is 19.6 Å². The van der Waals surface area contributed by atoms with Gasteiger partial charge in [0.05, 0.1) is 0 Å². The highest BCUT2D eigenvalue weighted by molar-refractivity contribution is 5.85. The van der Waals surface area contributed by atoms with E-state index in [0.29, 0.717) is 0 Å². The molecule has 96 valence electrons. The predicted octanol–water partition coefficient (Wildman–Crippen LogP) is 2.93. The molecule has 2 heteroatoms. The molecule has 2 nitrogen and oxygen atoms in total. The van der Waals surface area contributed by atoms with E-state index < -0.39 is 0 Å². The summed E-state index contributed by atoms with van der Waals surface area (Å²) >= 11 is 0. The van der Waals surface area contributed by atoms with Gasteiger partial charge in [0.2, 0.25) is 0 Å². The van der Waals surface area contributed by atoms with Gasteiger partial charge in [0, 0.05) is 6.54 Å². The van der Waals surface area contributed by atoms with Gasteiger partial charge in [-0.3, -0.25) is 0 Å². The maximum Gasteiger partial charge on any atom is 0.0211 e. The lowest BCUT2D eigenvalue weighted by atomic mass is 10.0. The fourth-order valence-corrected chi connectivity index (χ4v) is 2.22. The quantitative estimate of drug-likeness (QED) is 0.729. The summed E-state index contributed by atoms with van der Waals surface area (Å²) in [6.45, 7) is 3.15. The van der Waals surface area contributed by atoms with Crippen molar-refractivity contribution in [3.8, 4) is 0 Å². The third kappa shape index (κ3) is 3.56. The van der Waals surface area contributed by atoms with Crippen molar-refractivity contribution < 1.29 is 0 Å². The zero-order valence-electron chi connectivity index (χ0n) is 11.1. The number of rotatable bonds is 7. The zero-order valence-corrected chi connectivity index (χ0v) is 11.1. The lowest BCUT2D eigenvalue weighted by Gasteiger charge is -2.08. The molecule has 2 aromatic carbocycles. The molecule has 0 bridgehead atoms. The SMILES string of the molecule is CNCCCCNCc1cccc2ccccc12. The molecule has 0 heterocycles. The zero-order chi connectivity index (χ0) is 12.6. The normalized spacial score (nSPS) is 10.9. The van der Waals surface area contributed by atoms with Crippen LogP contribution in [0.3, 0.4) is 0 Å². The van der Waals surface area contributed by atoms with Crippen LogP contribution in [0.4, 0.5) is 0 Å². The minimum absolute atomic E-state index is 0.959. The summed E-state index contributed by atoms with van der Waals surface area (Å²) in [6, 6.07) is 15.1. The maximum absolute atomic E-state index is 3.52. The van der Waals surface area contributed by atoms with E-state index in [-0.39, 0.29) is 0 Å². The molecule has 0 aromatic heterocycles. The maximum atomic E-state index is 3.52. The van der Waals surface area contributed by atoms with Crippen molar-refractivity contribution in [2.24, 2.45) is 0 Å². The Labute approximate surface area is 109 Å². The molecule has 2 N–H and O–H groups in total. The molecule has 0 saturated heterocycles. The Bertz CT molecular complexity index is 474.